The number of hydrogen-bond donors (Lipinski definition) is 2. The Morgan fingerprint density at radius 1 is 1.00 bits per heavy atom. The van der Waals surface area contributed by atoms with Gasteiger partial charge in [0.15, 0.2) is 0 Å². The second-order valence-corrected chi connectivity index (χ2v) is 2.48. The van der Waals surface area contributed by atoms with E-state index in [1.54, 1.807) is 0 Å². The molecule has 0 heterocycles. The normalized spacial score (nSPS) is 11.7. The molecule has 0 bridgehead atoms. The minimum absolute atomic E-state index is 0. The molecule has 0 aliphatic carbocycles. The summed E-state index contributed by atoms with van der Waals surface area (Å²) < 4.78 is 0. The van der Waals surface area contributed by atoms with E-state index in [2.05, 4.69) is 0 Å². The van der Waals surface area contributed by atoms with E-state index < -0.39 is 36.0 Å². The van der Waals surface area contributed by atoms with Crippen molar-refractivity contribution in [2.24, 2.45) is 0 Å². The predicted octanol–water partition coefficient (Wildman–Crippen LogP) is -15.7. The predicted molar refractivity (Wildman–Crippen MR) is 54.5 cm³/mol. The molecule has 0 fully saturated rings. The summed E-state index contributed by atoms with van der Waals surface area (Å²) in [6.07, 6.45) is -4.53. The van der Waals surface area contributed by atoms with E-state index in [-0.39, 0.29) is 210 Å². The SMILES string of the molecule is O=C([O-])CC(O)(C(=O)[O-])C(O)C(=O)[O-].[Ca+2].[Ca+2].[Ca+2].[H-].[H-].[H-].[H-].[H-].[H-].[Na+].[Na+].[Na+]. The summed E-state index contributed by atoms with van der Waals surface area (Å²) in [7, 11) is 0. The van der Waals surface area contributed by atoms with Gasteiger partial charge in [0.2, 0.25) is 0 Å². The number of hydrogen-bond acceptors (Lipinski definition) is 8. The fourth-order valence-corrected chi connectivity index (χ4v) is 0.695. The first-order valence-electron chi connectivity index (χ1n) is 3.24. The maximum atomic E-state index is 10.2. The van der Waals surface area contributed by atoms with Gasteiger partial charge in [-0.2, -0.15) is 0 Å². The van der Waals surface area contributed by atoms with Gasteiger partial charge >= 0.3 is 202 Å². The van der Waals surface area contributed by atoms with E-state index in [0.717, 1.165) is 0 Å². The maximum Gasteiger partial charge on any atom is 2.00 e. The molecule has 0 saturated heterocycles. The monoisotopic (exact) mass is 400 g/mol. The smallest absolute Gasteiger partial charge is 1.00 e. The molecule has 20 heavy (non-hydrogen) atoms. The van der Waals surface area contributed by atoms with Crippen LogP contribution in [0.2, 0.25) is 0 Å². The average Bonchev–Trinajstić information content (AvgIpc) is 2.00. The van der Waals surface area contributed by atoms with Crippen LogP contribution in [0.3, 0.4) is 0 Å². The second-order valence-electron chi connectivity index (χ2n) is 2.48. The van der Waals surface area contributed by atoms with Crippen LogP contribution in [-0.4, -0.2) is 153 Å². The fraction of sp³-hybridized carbons (Fsp3) is 0.500. The molecule has 0 aliphatic rings. The molecule has 0 aromatic carbocycles. The van der Waals surface area contributed by atoms with Crippen LogP contribution in [0.4, 0.5) is 0 Å². The van der Waals surface area contributed by atoms with Gasteiger partial charge < -0.3 is 48.5 Å². The molecule has 0 rings (SSSR count). The van der Waals surface area contributed by atoms with Gasteiger partial charge in [0, 0.05) is 12.4 Å². The van der Waals surface area contributed by atoms with Crippen molar-refractivity contribution in [1.29, 1.82) is 0 Å². The van der Waals surface area contributed by atoms with Crippen LogP contribution < -0.4 is 104 Å². The van der Waals surface area contributed by atoms with Crippen molar-refractivity contribution in [1.82, 2.24) is 0 Å². The Morgan fingerprint density at radius 3 is 1.45 bits per heavy atom. The summed E-state index contributed by atoms with van der Waals surface area (Å²) in [5, 5.41) is 47.8. The molecule has 0 amide bonds. The number of aliphatic hydroxyl groups is 2. The topological polar surface area (TPSA) is 161 Å². The van der Waals surface area contributed by atoms with E-state index in [1.165, 1.54) is 0 Å². The van der Waals surface area contributed by atoms with Gasteiger partial charge in [-0.3, -0.25) is 0 Å². The Hall–Kier alpha value is 5.11. The van der Waals surface area contributed by atoms with E-state index >= 15 is 0 Å². The molecule has 0 aromatic rings. The number of aliphatic hydroxyl groups excluding tert-OH is 1. The molecule has 92 valence electrons. The number of aliphatic carboxylic acids is 3. The standard InChI is InChI=1S/C6H8O8.3Ca.3Na.6H/c7-2(8)1-6(14,5(12)13)3(9)4(10)11;;;;;;;;;;;;/h3,9,14H,1H2,(H,7,8)(H,10,11)(H,12,13);;;;;;;;;;;;/q;3*+2;3*+1;6*-1/p-3. The van der Waals surface area contributed by atoms with Crippen molar-refractivity contribution >= 4 is 131 Å². The summed E-state index contributed by atoms with van der Waals surface area (Å²) in [5.74, 6) is -6.84. The fourth-order valence-electron chi connectivity index (χ4n) is 0.695. The Bertz CT molecular complexity index is 315. The van der Waals surface area contributed by atoms with Crippen LogP contribution in [0, 0.1) is 0 Å². The summed E-state index contributed by atoms with van der Waals surface area (Å²) >= 11 is 0. The van der Waals surface area contributed by atoms with Gasteiger partial charge in [0.25, 0.3) is 0 Å². The first kappa shape index (κ1) is 44.5. The maximum absolute atomic E-state index is 10.2. The third-order valence-electron chi connectivity index (χ3n) is 1.44. The van der Waals surface area contributed by atoms with Gasteiger partial charge in [-0.25, -0.2) is 0 Å². The zero-order valence-electron chi connectivity index (χ0n) is 17.7. The van der Waals surface area contributed by atoms with Crippen LogP contribution in [-0.2, 0) is 14.4 Å². The van der Waals surface area contributed by atoms with Crippen molar-refractivity contribution in [2.45, 2.75) is 18.1 Å². The van der Waals surface area contributed by atoms with Crippen molar-refractivity contribution in [2.75, 3.05) is 0 Å². The molecule has 0 aromatic heterocycles. The molecule has 2 N–H and O–H groups in total. The van der Waals surface area contributed by atoms with Crippen molar-refractivity contribution in [3.05, 3.63) is 0 Å². The average molecular weight is 400 g/mol. The summed E-state index contributed by atoms with van der Waals surface area (Å²) in [6.45, 7) is 0. The van der Waals surface area contributed by atoms with Crippen LogP contribution in [0.5, 0.6) is 0 Å². The van der Waals surface area contributed by atoms with Crippen LogP contribution >= 0.6 is 0 Å². The molecule has 0 spiro atoms. The van der Waals surface area contributed by atoms with Crippen LogP contribution in [0.15, 0.2) is 0 Å². The minimum Gasteiger partial charge on any atom is -1.00 e. The minimum atomic E-state index is -3.46. The number of rotatable bonds is 5. The number of carbonyl (C=O) groups excluding carboxylic acids is 3. The summed E-state index contributed by atoms with van der Waals surface area (Å²) in [6, 6.07) is 0. The molecule has 8 nitrogen and oxygen atoms in total. The first-order valence-corrected chi connectivity index (χ1v) is 3.24. The Balaban J connectivity index is -0.0000000128. The molecular formula is C6H11Ca3Na3O8. The quantitative estimate of drug-likeness (QED) is 0.430. The molecule has 0 aliphatic heterocycles. The second kappa shape index (κ2) is 22.2. The van der Waals surface area contributed by atoms with E-state index in [0.29, 0.717) is 0 Å². The van der Waals surface area contributed by atoms with Crippen molar-refractivity contribution in [3.63, 3.8) is 0 Å². The Labute approximate surface area is 280 Å². The van der Waals surface area contributed by atoms with Gasteiger partial charge in [0.05, 0.1) is 11.9 Å². The molecule has 14 heteroatoms. The van der Waals surface area contributed by atoms with Crippen molar-refractivity contribution < 1.29 is 137 Å². The summed E-state index contributed by atoms with van der Waals surface area (Å²) in [5.41, 5.74) is -3.46. The van der Waals surface area contributed by atoms with Crippen LogP contribution in [0.25, 0.3) is 0 Å². The Morgan fingerprint density at radius 2 is 1.30 bits per heavy atom. The van der Waals surface area contributed by atoms with Gasteiger partial charge in [-0.15, -0.1) is 0 Å². The molecular weight excluding hydrogens is 389 g/mol. The molecule has 2 atom stereocenters. The molecule has 0 radical (unpaired) electrons. The Kier molecular flexibility index (Phi) is 49.3. The number of carboxylic acids is 3. The van der Waals surface area contributed by atoms with E-state index in [9.17, 15) is 29.7 Å². The van der Waals surface area contributed by atoms with Crippen molar-refractivity contribution in [3.8, 4) is 0 Å². The largest absolute Gasteiger partial charge is 2.00 e. The molecule has 2 unspecified atom stereocenters. The van der Waals surface area contributed by atoms with E-state index in [4.69, 9.17) is 10.2 Å². The van der Waals surface area contributed by atoms with Crippen LogP contribution in [0.1, 0.15) is 15.0 Å². The summed E-state index contributed by atoms with van der Waals surface area (Å²) in [4.78, 5) is 30.2. The van der Waals surface area contributed by atoms with Gasteiger partial charge in [-0.05, 0) is 0 Å². The third kappa shape index (κ3) is 16.6. The number of carbonyl (C=O) groups is 3. The first-order chi connectivity index (χ1) is 6.21. The van der Waals surface area contributed by atoms with E-state index in [1.807, 2.05) is 0 Å². The number of carboxylic acid groups (broad SMARTS) is 3. The van der Waals surface area contributed by atoms with Gasteiger partial charge in [0.1, 0.15) is 11.7 Å². The third-order valence-corrected chi connectivity index (χ3v) is 1.44. The van der Waals surface area contributed by atoms with Gasteiger partial charge in [-0.1, -0.05) is 0 Å². The zero-order chi connectivity index (χ0) is 11.5. The zero-order valence-corrected chi connectivity index (χ0v) is 24.4. The molecule has 0 saturated carbocycles.